The van der Waals surface area contributed by atoms with Crippen LogP contribution in [0.25, 0.3) is 10.9 Å². The van der Waals surface area contributed by atoms with Gasteiger partial charge in [0.25, 0.3) is 5.91 Å². The number of carbonyl (C=O) groups is 1. The Hall–Kier alpha value is -4.15. The van der Waals surface area contributed by atoms with Gasteiger partial charge in [0.2, 0.25) is 0 Å². The molecule has 0 unspecified atom stereocenters. The number of para-hydroxylation sites is 1. The third kappa shape index (κ3) is 4.21. The number of aliphatic imine (C=N–C) groups is 1. The van der Waals surface area contributed by atoms with E-state index in [2.05, 4.69) is 11.1 Å². The van der Waals surface area contributed by atoms with Crippen LogP contribution < -0.4 is 4.90 Å². The van der Waals surface area contributed by atoms with Crippen molar-refractivity contribution in [2.45, 2.75) is 19.0 Å². The molecule has 0 spiro atoms. The van der Waals surface area contributed by atoms with Crippen LogP contribution in [0.15, 0.2) is 114 Å². The Balaban J connectivity index is 1.52. The van der Waals surface area contributed by atoms with Crippen molar-refractivity contribution >= 4 is 39.8 Å². The molecule has 1 atom stereocenters. The molecular formula is C31H24ClN3O. The van der Waals surface area contributed by atoms with Crippen molar-refractivity contribution in [3.8, 4) is 0 Å². The second-order valence-corrected chi connectivity index (χ2v) is 9.43. The predicted molar refractivity (Wildman–Crippen MR) is 147 cm³/mol. The van der Waals surface area contributed by atoms with Crippen molar-refractivity contribution < 1.29 is 4.79 Å². The number of anilines is 1. The number of nitrogens with zero attached hydrogens (tertiary/aromatic N) is 2. The average Bonchev–Trinajstić information content (AvgIpc) is 3.29. The van der Waals surface area contributed by atoms with Gasteiger partial charge in [-0.05, 0) is 35.4 Å². The van der Waals surface area contributed by atoms with Crippen LogP contribution >= 0.6 is 11.6 Å². The lowest BCUT2D eigenvalue weighted by atomic mass is 10.00. The Morgan fingerprint density at radius 1 is 0.861 bits per heavy atom. The lowest BCUT2D eigenvalue weighted by Gasteiger charge is -2.25. The first-order valence-corrected chi connectivity index (χ1v) is 12.4. The quantitative estimate of drug-likeness (QED) is 0.289. The maximum Gasteiger partial charge on any atom is 0.252 e. The Bertz CT molecular complexity index is 1570. The van der Waals surface area contributed by atoms with Crippen LogP contribution in [-0.2, 0) is 17.8 Å². The van der Waals surface area contributed by atoms with E-state index in [0.29, 0.717) is 18.0 Å². The van der Waals surface area contributed by atoms with Crippen LogP contribution in [0.5, 0.6) is 0 Å². The van der Waals surface area contributed by atoms with Crippen LogP contribution in [0.4, 0.5) is 5.69 Å². The number of amides is 1. The van der Waals surface area contributed by atoms with Gasteiger partial charge in [0.15, 0.2) is 0 Å². The SMILES string of the molecule is O=C1[C@H](Cc2c[nH]c3ccccc23)N=C(c2ccccc2)c2cc(Cl)ccc2N1Cc1ccccc1. The summed E-state index contributed by atoms with van der Waals surface area (Å²) in [4.78, 5) is 24.5. The van der Waals surface area contributed by atoms with Crippen molar-refractivity contribution in [2.24, 2.45) is 4.99 Å². The van der Waals surface area contributed by atoms with Gasteiger partial charge in [-0.15, -0.1) is 0 Å². The summed E-state index contributed by atoms with van der Waals surface area (Å²) >= 11 is 6.48. The summed E-state index contributed by atoms with van der Waals surface area (Å²) < 4.78 is 0. The van der Waals surface area contributed by atoms with E-state index in [1.54, 1.807) is 0 Å². The second-order valence-electron chi connectivity index (χ2n) is 8.99. The smallest absolute Gasteiger partial charge is 0.252 e. The summed E-state index contributed by atoms with van der Waals surface area (Å²) in [6.45, 7) is 0.455. The first-order chi connectivity index (χ1) is 17.7. The van der Waals surface area contributed by atoms with E-state index in [1.165, 1.54) is 0 Å². The first-order valence-electron chi connectivity index (χ1n) is 12.0. The predicted octanol–water partition coefficient (Wildman–Crippen LogP) is 6.82. The monoisotopic (exact) mass is 489 g/mol. The van der Waals surface area contributed by atoms with Gasteiger partial charge in [-0.1, -0.05) is 90.5 Å². The maximum atomic E-state index is 14.2. The zero-order chi connectivity index (χ0) is 24.5. The molecule has 6 rings (SSSR count). The molecule has 36 heavy (non-hydrogen) atoms. The fourth-order valence-electron chi connectivity index (χ4n) is 4.91. The zero-order valence-electron chi connectivity index (χ0n) is 19.6. The van der Waals surface area contributed by atoms with Gasteiger partial charge < -0.3 is 9.88 Å². The molecule has 0 bridgehead atoms. The maximum absolute atomic E-state index is 14.2. The number of carbonyl (C=O) groups excluding carboxylic acids is 1. The summed E-state index contributed by atoms with van der Waals surface area (Å²) in [7, 11) is 0. The van der Waals surface area contributed by atoms with Crippen molar-refractivity contribution in [3.63, 3.8) is 0 Å². The van der Waals surface area contributed by atoms with Crippen molar-refractivity contribution in [2.75, 3.05) is 4.90 Å². The fraction of sp³-hybridized carbons (Fsp3) is 0.0968. The van der Waals surface area contributed by atoms with Crippen molar-refractivity contribution in [3.05, 3.63) is 137 Å². The summed E-state index contributed by atoms with van der Waals surface area (Å²) in [5.41, 5.74) is 6.60. The lowest BCUT2D eigenvalue weighted by molar-refractivity contribution is -0.119. The summed E-state index contributed by atoms with van der Waals surface area (Å²) in [5.74, 6) is -0.0290. The number of hydrogen-bond donors (Lipinski definition) is 1. The number of aromatic amines is 1. The molecule has 1 aliphatic heterocycles. The highest BCUT2D eigenvalue weighted by Crippen LogP contribution is 2.33. The number of benzene rings is 4. The standard InChI is InChI=1S/C31H24ClN3O/c32-24-15-16-29-26(18-24)30(22-11-5-2-6-12-22)34-28(17-23-19-33-27-14-8-7-13-25(23)27)31(36)35(29)20-21-9-3-1-4-10-21/h1-16,18-19,28,33H,17,20H2/t28-/m0/s1. The van der Waals surface area contributed by atoms with Crippen LogP contribution in [-0.4, -0.2) is 22.6 Å². The topological polar surface area (TPSA) is 48.5 Å². The minimum atomic E-state index is -0.589. The highest BCUT2D eigenvalue weighted by molar-refractivity contribution is 6.32. The molecule has 4 nitrogen and oxygen atoms in total. The third-order valence-corrected chi connectivity index (χ3v) is 6.89. The van der Waals surface area contributed by atoms with E-state index in [-0.39, 0.29) is 5.91 Å². The van der Waals surface area contributed by atoms with E-state index >= 15 is 0 Å². The number of nitrogens with one attached hydrogen (secondary N) is 1. The van der Waals surface area contributed by atoms with Gasteiger partial charge in [0.05, 0.1) is 17.9 Å². The minimum absolute atomic E-state index is 0.0290. The van der Waals surface area contributed by atoms with E-state index in [1.807, 2.05) is 108 Å². The average molecular weight is 490 g/mol. The Labute approximate surface area is 214 Å². The molecule has 0 saturated heterocycles. The number of hydrogen-bond acceptors (Lipinski definition) is 2. The normalized spacial score (nSPS) is 15.5. The summed E-state index contributed by atoms with van der Waals surface area (Å²) in [5, 5.41) is 1.72. The molecule has 5 aromatic rings. The van der Waals surface area contributed by atoms with Gasteiger partial charge in [0.1, 0.15) is 6.04 Å². The Kier molecular flexibility index (Phi) is 5.88. The molecule has 1 aliphatic rings. The lowest BCUT2D eigenvalue weighted by Crippen LogP contribution is -2.38. The largest absolute Gasteiger partial charge is 0.361 e. The Morgan fingerprint density at radius 3 is 2.39 bits per heavy atom. The molecule has 0 saturated carbocycles. The van der Waals surface area contributed by atoms with Crippen molar-refractivity contribution in [1.29, 1.82) is 0 Å². The molecule has 0 fully saturated rings. The minimum Gasteiger partial charge on any atom is -0.361 e. The van der Waals surface area contributed by atoms with Crippen LogP contribution in [0.3, 0.4) is 0 Å². The van der Waals surface area contributed by atoms with Crippen LogP contribution in [0.1, 0.15) is 22.3 Å². The highest BCUT2D eigenvalue weighted by Gasteiger charge is 2.33. The number of rotatable bonds is 5. The molecular weight excluding hydrogens is 466 g/mol. The van der Waals surface area contributed by atoms with Crippen molar-refractivity contribution in [1.82, 2.24) is 4.98 Å². The fourth-order valence-corrected chi connectivity index (χ4v) is 5.08. The summed E-state index contributed by atoms with van der Waals surface area (Å²) in [6, 6.07) is 33.4. The van der Waals surface area contributed by atoms with Gasteiger partial charge >= 0.3 is 0 Å². The first kappa shape index (κ1) is 22.3. The van der Waals surface area contributed by atoms with E-state index < -0.39 is 6.04 Å². The number of fused-ring (bicyclic) bond motifs is 2. The zero-order valence-corrected chi connectivity index (χ0v) is 20.3. The van der Waals surface area contributed by atoms with E-state index in [4.69, 9.17) is 16.6 Å². The third-order valence-electron chi connectivity index (χ3n) is 6.66. The second kappa shape index (κ2) is 9.48. The van der Waals surface area contributed by atoms with E-state index in [0.717, 1.165) is 44.6 Å². The molecule has 4 aromatic carbocycles. The molecule has 0 radical (unpaired) electrons. The number of halogens is 1. The molecule has 5 heteroatoms. The molecule has 176 valence electrons. The van der Waals surface area contributed by atoms with Gasteiger partial charge in [-0.2, -0.15) is 0 Å². The van der Waals surface area contributed by atoms with Crippen LogP contribution in [0, 0.1) is 0 Å². The molecule has 2 heterocycles. The number of aromatic nitrogens is 1. The number of benzodiazepines with no additional fused rings is 1. The molecule has 1 amide bonds. The Morgan fingerprint density at radius 2 is 1.58 bits per heavy atom. The molecule has 0 aliphatic carbocycles. The summed E-state index contributed by atoms with van der Waals surface area (Å²) in [6.07, 6.45) is 2.48. The molecule has 1 aromatic heterocycles. The van der Waals surface area contributed by atoms with Gasteiger partial charge in [-0.25, -0.2) is 0 Å². The van der Waals surface area contributed by atoms with Gasteiger partial charge in [0, 0.05) is 39.7 Å². The van der Waals surface area contributed by atoms with Crippen LogP contribution in [0.2, 0.25) is 5.02 Å². The number of H-pyrrole nitrogens is 1. The highest BCUT2D eigenvalue weighted by atomic mass is 35.5. The van der Waals surface area contributed by atoms with Gasteiger partial charge in [-0.3, -0.25) is 9.79 Å². The molecule has 1 N–H and O–H groups in total. The van der Waals surface area contributed by atoms with E-state index in [9.17, 15) is 4.79 Å².